The number of nitrogens with one attached hydrogen (secondary N) is 1. The predicted octanol–water partition coefficient (Wildman–Crippen LogP) is 5.37. The first-order valence-corrected chi connectivity index (χ1v) is 7.74. The van der Waals surface area contributed by atoms with Crippen LogP contribution in [0.15, 0.2) is 83.3 Å². The monoisotopic (exact) mass is 351 g/mol. The van der Waals surface area contributed by atoms with Gasteiger partial charge in [-0.25, -0.2) is 0 Å². The Morgan fingerprint density at radius 3 is 1.95 bits per heavy atom. The summed E-state index contributed by atoms with van der Waals surface area (Å²) in [5, 5.41) is 2.90. The zero-order valence-electron chi connectivity index (χ0n) is 11.8. The summed E-state index contributed by atoms with van der Waals surface area (Å²) in [6, 6.07) is 25.3. The van der Waals surface area contributed by atoms with Gasteiger partial charge in [-0.15, -0.1) is 0 Å². The summed E-state index contributed by atoms with van der Waals surface area (Å²) in [4.78, 5) is 12.2. The number of hydrogen-bond donors (Lipinski definition) is 1. The van der Waals surface area contributed by atoms with Gasteiger partial charge in [-0.1, -0.05) is 58.4 Å². The Labute approximate surface area is 137 Å². The molecule has 0 fully saturated rings. The van der Waals surface area contributed by atoms with Crippen LogP contribution in [0.3, 0.4) is 0 Å². The fourth-order valence-corrected chi connectivity index (χ4v) is 2.45. The minimum atomic E-state index is -0.111. The first-order chi connectivity index (χ1) is 10.7. The molecule has 0 spiro atoms. The molecule has 0 saturated heterocycles. The van der Waals surface area contributed by atoms with Crippen LogP contribution < -0.4 is 5.32 Å². The van der Waals surface area contributed by atoms with Crippen molar-refractivity contribution in [2.45, 2.75) is 0 Å². The van der Waals surface area contributed by atoms with Gasteiger partial charge in [0.1, 0.15) is 0 Å². The third kappa shape index (κ3) is 3.43. The molecule has 0 atom stereocenters. The van der Waals surface area contributed by atoms with Crippen molar-refractivity contribution in [3.63, 3.8) is 0 Å². The Morgan fingerprint density at radius 1 is 0.727 bits per heavy atom. The van der Waals surface area contributed by atoms with Crippen LogP contribution in [0, 0.1) is 0 Å². The van der Waals surface area contributed by atoms with Crippen molar-refractivity contribution in [2.24, 2.45) is 0 Å². The van der Waals surface area contributed by atoms with E-state index in [4.69, 9.17) is 0 Å². The van der Waals surface area contributed by atoms with E-state index >= 15 is 0 Å². The Balaban J connectivity index is 1.73. The summed E-state index contributed by atoms with van der Waals surface area (Å²) < 4.78 is 0.955. The molecule has 108 valence electrons. The summed E-state index contributed by atoms with van der Waals surface area (Å²) in [6.45, 7) is 0. The minimum Gasteiger partial charge on any atom is -0.322 e. The molecule has 0 aliphatic rings. The van der Waals surface area contributed by atoms with Gasteiger partial charge < -0.3 is 5.32 Å². The van der Waals surface area contributed by atoms with Gasteiger partial charge in [-0.3, -0.25) is 4.79 Å². The third-order valence-corrected chi connectivity index (χ3v) is 3.88. The molecule has 1 amide bonds. The fraction of sp³-hybridized carbons (Fsp3) is 0. The van der Waals surface area contributed by atoms with E-state index in [0.717, 1.165) is 21.3 Å². The second-order valence-corrected chi connectivity index (χ2v) is 5.82. The summed E-state index contributed by atoms with van der Waals surface area (Å²) in [7, 11) is 0. The maximum absolute atomic E-state index is 12.2. The van der Waals surface area contributed by atoms with Crippen LogP contribution >= 0.6 is 15.9 Å². The van der Waals surface area contributed by atoms with E-state index in [9.17, 15) is 4.79 Å². The normalized spacial score (nSPS) is 10.2. The largest absolute Gasteiger partial charge is 0.322 e. The SMILES string of the molecule is O=C(Nc1ccc(-c2ccccc2)cc1)c1ccc(Br)cc1. The van der Waals surface area contributed by atoms with Crippen LogP contribution in [0.25, 0.3) is 11.1 Å². The summed E-state index contributed by atoms with van der Waals surface area (Å²) in [6.07, 6.45) is 0. The summed E-state index contributed by atoms with van der Waals surface area (Å²) >= 11 is 3.36. The number of carbonyl (C=O) groups excluding carboxylic acids is 1. The molecule has 3 heteroatoms. The second-order valence-electron chi connectivity index (χ2n) is 4.90. The fourth-order valence-electron chi connectivity index (χ4n) is 2.18. The van der Waals surface area contributed by atoms with Gasteiger partial charge in [0, 0.05) is 15.7 Å². The Hall–Kier alpha value is -2.39. The first-order valence-electron chi connectivity index (χ1n) is 6.95. The lowest BCUT2D eigenvalue weighted by Crippen LogP contribution is -2.11. The number of benzene rings is 3. The average molecular weight is 352 g/mol. The molecule has 0 unspecified atom stereocenters. The van der Waals surface area contributed by atoms with Crippen LogP contribution in [-0.4, -0.2) is 5.91 Å². The molecular formula is C19H14BrNO. The Bertz CT molecular complexity index is 765. The molecule has 0 aromatic heterocycles. The molecule has 0 heterocycles. The maximum atomic E-state index is 12.2. The molecule has 3 aromatic rings. The van der Waals surface area contributed by atoms with E-state index in [-0.39, 0.29) is 5.91 Å². The van der Waals surface area contributed by atoms with Gasteiger partial charge in [0.25, 0.3) is 5.91 Å². The van der Waals surface area contributed by atoms with E-state index < -0.39 is 0 Å². The quantitative estimate of drug-likeness (QED) is 0.675. The molecule has 1 N–H and O–H groups in total. The van der Waals surface area contributed by atoms with Gasteiger partial charge in [-0.05, 0) is 47.5 Å². The highest BCUT2D eigenvalue weighted by Gasteiger charge is 2.06. The molecule has 0 aliphatic heterocycles. The molecular weight excluding hydrogens is 338 g/mol. The standard InChI is InChI=1S/C19H14BrNO/c20-17-10-6-16(7-11-17)19(22)21-18-12-8-15(9-13-18)14-4-2-1-3-5-14/h1-13H,(H,21,22). The van der Waals surface area contributed by atoms with Gasteiger partial charge >= 0.3 is 0 Å². The lowest BCUT2D eigenvalue weighted by molar-refractivity contribution is 0.102. The van der Waals surface area contributed by atoms with Crippen molar-refractivity contribution < 1.29 is 4.79 Å². The van der Waals surface area contributed by atoms with E-state index in [0.29, 0.717) is 5.56 Å². The van der Waals surface area contributed by atoms with Crippen molar-refractivity contribution in [1.29, 1.82) is 0 Å². The number of carbonyl (C=O) groups is 1. The lowest BCUT2D eigenvalue weighted by atomic mass is 10.1. The van der Waals surface area contributed by atoms with Gasteiger partial charge in [-0.2, -0.15) is 0 Å². The van der Waals surface area contributed by atoms with E-state index in [2.05, 4.69) is 33.4 Å². The first kappa shape index (κ1) is 14.5. The third-order valence-electron chi connectivity index (χ3n) is 3.36. The van der Waals surface area contributed by atoms with E-state index in [1.807, 2.05) is 54.6 Å². The minimum absolute atomic E-state index is 0.111. The van der Waals surface area contributed by atoms with Crippen LogP contribution in [0.4, 0.5) is 5.69 Å². The van der Waals surface area contributed by atoms with Crippen molar-refractivity contribution in [1.82, 2.24) is 0 Å². The second kappa shape index (κ2) is 6.58. The van der Waals surface area contributed by atoms with Gasteiger partial charge in [0.15, 0.2) is 0 Å². The van der Waals surface area contributed by atoms with Crippen molar-refractivity contribution >= 4 is 27.5 Å². The molecule has 0 bridgehead atoms. The highest BCUT2D eigenvalue weighted by molar-refractivity contribution is 9.10. The highest BCUT2D eigenvalue weighted by atomic mass is 79.9. The Morgan fingerprint density at radius 2 is 1.32 bits per heavy atom. The number of rotatable bonds is 3. The molecule has 22 heavy (non-hydrogen) atoms. The molecule has 0 saturated carbocycles. The van der Waals surface area contributed by atoms with Crippen LogP contribution in [-0.2, 0) is 0 Å². The molecule has 0 aliphatic carbocycles. The number of amides is 1. The summed E-state index contributed by atoms with van der Waals surface area (Å²) in [5.41, 5.74) is 3.71. The lowest BCUT2D eigenvalue weighted by Gasteiger charge is -2.07. The average Bonchev–Trinajstić information content (AvgIpc) is 2.57. The molecule has 3 aromatic carbocycles. The van der Waals surface area contributed by atoms with Gasteiger partial charge in [0.05, 0.1) is 0 Å². The van der Waals surface area contributed by atoms with Crippen molar-refractivity contribution in [2.75, 3.05) is 5.32 Å². The topological polar surface area (TPSA) is 29.1 Å². The molecule has 2 nitrogen and oxygen atoms in total. The molecule has 3 rings (SSSR count). The van der Waals surface area contributed by atoms with Gasteiger partial charge in [0.2, 0.25) is 0 Å². The number of hydrogen-bond acceptors (Lipinski definition) is 1. The highest BCUT2D eigenvalue weighted by Crippen LogP contribution is 2.21. The zero-order chi connectivity index (χ0) is 15.4. The van der Waals surface area contributed by atoms with E-state index in [1.54, 1.807) is 12.1 Å². The van der Waals surface area contributed by atoms with Crippen molar-refractivity contribution in [3.8, 4) is 11.1 Å². The predicted molar refractivity (Wildman–Crippen MR) is 94.0 cm³/mol. The van der Waals surface area contributed by atoms with Crippen molar-refractivity contribution in [3.05, 3.63) is 88.9 Å². The smallest absolute Gasteiger partial charge is 0.255 e. The Kier molecular flexibility index (Phi) is 4.35. The van der Waals surface area contributed by atoms with Crippen LogP contribution in [0.2, 0.25) is 0 Å². The van der Waals surface area contributed by atoms with E-state index in [1.165, 1.54) is 0 Å². The number of anilines is 1. The number of halogens is 1. The van der Waals surface area contributed by atoms with Crippen LogP contribution in [0.5, 0.6) is 0 Å². The molecule has 0 radical (unpaired) electrons. The van der Waals surface area contributed by atoms with Crippen LogP contribution in [0.1, 0.15) is 10.4 Å². The summed E-state index contributed by atoms with van der Waals surface area (Å²) in [5.74, 6) is -0.111. The maximum Gasteiger partial charge on any atom is 0.255 e. The zero-order valence-corrected chi connectivity index (χ0v) is 13.4.